The quantitative estimate of drug-likeness (QED) is 0.798. The van der Waals surface area contributed by atoms with E-state index in [4.69, 9.17) is 0 Å². The molecule has 3 nitrogen and oxygen atoms in total. The highest BCUT2D eigenvalue weighted by molar-refractivity contribution is 7.89. The molecule has 0 saturated heterocycles. The number of rotatable bonds is 4. The number of hydrogen-bond donors (Lipinski definition) is 0. The zero-order valence-electron chi connectivity index (χ0n) is 12.8. The summed E-state index contributed by atoms with van der Waals surface area (Å²) in [5.41, 5.74) is 4.12. The van der Waals surface area contributed by atoms with Crippen LogP contribution in [0.3, 0.4) is 0 Å². The van der Waals surface area contributed by atoms with E-state index < -0.39 is 10.0 Å². The second-order valence-electron chi connectivity index (χ2n) is 5.98. The summed E-state index contributed by atoms with van der Waals surface area (Å²) in [5.74, 6) is 0. The summed E-state index contributed by atoms with van der Waals surface area (Å²) in [6, 6.07) is 6.87. The minimum Gasteiger partial charge on any atom is -0.207 e. The Labute approximate surface area is 122 Å². The van der Waals surface area contributed by atoms with Crippen LogP contribution in [0.5, 0.6) is 0 Å². The fraction of sp³-hybridized carbons (Fsp3) is 0.438. The Balaban J connectivity index is 2.83. The molecule has 0 spiro atoms. The number of benzene rings is 1. The zero-order chi connectivity index (χ0) is 15.4. The maximum Gasteiger partial charge on any atom is 0.243 e. The lowest BCUT2D eigenvalue weighted by Crippen LogP contribution is -2.26. The van der Waals surface area contributed by atoms with Crippen molar-refractivity contribution in [3.63, 3.8) is 0 Å². The predicted molar refractivity (Wildman–Crippen MR) is 83.1 cm³/mol. The molecule has 0 aromatic heterocycles. The van der Waals surface area contributed by atoms with Crippen molar-refractivity contribution >= 4 is 10.0 Å². The molecule has 1 aromatic rings. The van der Waals surface area contributed by atoms with Gasteiger partial charge in [0.1, 0.15) is 0 Å². The molecule has 0 amide bonds. The number of sulfonamides is 1. The first kappa shape index (κ1) is 16.7. The smallest absolute Gasteiger partial charge is 0.207 e. The SMILES string of the molecule is Cc1ccc(S(=O)(=O)N(C)CC=C=CC(C)(C)C)cc1. The first-order chi connectivity index (χ1) is 9.13. The molecule has 0 unspecified atom stereocenters. The van der Waals surface area contributed by atoms with E-state index in [2.05, 4.69) is 26.5 Å². The van der Waals surface area contributed by atoms with Crippen LogP contribution in [0.25, 0.3) is 0 Å². The Morgan fingerprint density at radius 3 is 2.25 bits per heavy atom. The Morgan fingerprint density at radius 2 is 1.75 bits per heavy atom. The first-order valence-electron chi connectivity index (χ1n) is 6.58. The average molecular weight is 293 g/mol. The number of likely N-dealkylation sites (N-methyl/N-ethyl adjacent to an activating group) is 1. The third-order valence-corrected chi connectivity index (χ3v) is 4.55. The van der Waals surface area contributed by atoms with Crippen LogP contribution in [0.1, 0.15) is 26.3 Å². The van der Waals surface area contributed by atoms with Crippen LogP contribution in [-0.2, 0) is 10.0 Å². The van der Waals surface area contributed by atoms with Crippen molar-refractivity contribution in [3.8, 4) is 0 Å². The monoisotopic (exact) mass is 293 g/mol. The van der Waals surface area contributed by atoms with E-state index in [1.54, 1.807) is 37.4 Å². The van der Waals surface area contributed by atoms with Crippen molar-refractivity contribution in [2.45, 2.75) is 32.6 Å². The lowest BCUT2D eigenvalue weighted by atomic mass is 9.97. The molecule has 0 aliphatic heterocycles. The third-order valence-electron chi connectivity index (χ3n) is 2.71. The molecule has 110 valence electrons. The van der Waals surface area contributed by atoms with Gasteiger partial charge >= 0.3 is 0 Å². The van der Waals surface area contributed by atoms with Gasteiger partial charge in [0, 0.05) is 13.6 Å². The van der Waals surface area contributed by atoms with Crippen molar-refractivity contribution in [1.29, 1.82) is 0 Å². The van der Waals surface area contributed by atoms with Crippen LogP contribution < -0.4 is 0 Å². The summed E-state index contributed by atoms with van der Waals surface area (Å²) in [4.78, 5) is 0.318. The van der Waals surface area contributed by atoms with Crippen molar-refractivity contribution in [3.05, 3.63) is 47.7 Å². The van der Waals surface area contributed by atoms with Gasteiger partial charge in [-0.05, 0) is 36.6 Å². The van der Waals surface area contributed by atoms with Gasteiger partial charge in [-0.1, -0.05) is 38.5 Å². The summed E-state index contributed by atoms with van der Waals surface area (Å²) in [7, 11) is -1.85. The van der Waals surface area contributed by atoms with Crippen LogP contribution in [0.4, 0.5) is 0 Å². The highest BCUT2D eigenvalue weighted by Crippen LogP contribution is 2.15. The fourth-order valence-corrected chi connectivity index (χ4v) is 2.59. The number of aryl methyl sites for hydroxylation is 1. The predicted octanol–water partition coefficient (Wildman–Crippen LogP) is 3.37. The van der Waals surface area contributed by atoms with Crippen molar-refractivity contribution in [2.75, 3.05) is 13.6 Å². The maximum absolute atomic E-state index is 12.3. The highest BCUT2D eigenvalue weighted by Gasteiger charge is 2.19. The van der Waals surface area contributed by atoms with Crippen LogP contribution in [-0.4, -0.2) is 26.3 Å². The summed E-state index contributed by atoms with van der Waals surface area (Å²) >= 11 is 0. The van der Waals surface area contributed by atoms with Gasteiger partial charge in [-0.2, -0.15) is 4.31 Å². The van der Waals surface area contributed by atoms with Gasteiger partial charge in [0.25, 0.3) is 0 Å². The van der Waals surface area contributed by atoms with Gasteiger partial charge in [-0.3, -0.25) is 0 Å². The van der Waals surface area contributed by atoms with E-state index in [1.807, 2.05) is 13.0 Å². The van der Waals surface area contributed by atoms with E-state index >= 15 is 0 Å². The van der Waals surface area contributed by atoms with Crippen LogP contribution in [0.15, 0.2) is 47.0 Å². The van der Waals surface area contributed by atoms with Crippen LogP contribution in [0.2, 0.25) is 0 Å². The van der Waals surface area contributed by atoms with Gasteiger partial charge in [-0.25, -0.2) is 8.42 Å². The summed E-state index contributed by atoms with van der Waals surface area (Å²) < 4.78 is 25.9. The molecule has 0 radical (unpaired) electrons. The summed E-state index contributed by atoms with van der Waals surface area (Å²) in [5, 5.41) is 0. The fourth-order valence-electron chi connectivity index (χ4n) is 1.48. The van der Waals surface area contributed by atoms with Gasteiger partial charge in [0.2, 0.25) is 10.0 Å². The van der Waals surface area contributed by atoms with Crippen LogP contribution >= 0.6 is 0 Å². The van der Waals surface area contributed by atoms with Crippen molar-refractivity contribution in [2.24, 2.45) is 5.41 Å². The molecule has 20 heavy (non-hydrogen) atoms. The van der Waals surface area contributed by atoms with Gasteiger partial charge < -0.3 is 0 Å². The molecular formula is C16H23NO2S. The minimum atomic E-state index is -3.42. The molecule has 0 atom stereocenters. The largest absolute Gasteiger partial charge is 0.243 e. The first-order valence-corrected chi connectivity index (χ1v) is 8.02. The molecule has 0 N–H and O–H groups in total. The van der Waals surface area contributed by atoms with E-state index in [1.165, 1.54) is 4.31 Å². The topological polar surface area (TPSA) is 37.4 Å². The average Bonchev–Trinajstić information content (AvgIpc) is 2.33. The molecule has 0 aliphatic rings. The zero-order valence-corrected chi connectivity index (χ0v) is 13.7. The Bertz CT molecular complexity index is 601. The standard InChI is InChI=1S/C16H23NO2S/c1-14-8-10-15(11-9-14)20(18,19)17(5)13-7-6-12-16(2,3)4/h7-12H,13H2,1-5H3. The second-order valence-corrected chi connectivity index (χ2v) is 8.02. The van der Waals surface area contributed by atoms with Crippen molar-refractivity contribution < 1.29 is 8.42 Å². The second kappa shape index (κ2) is 6.40. The molecule has 0 fully saturated rings. The number of nitrogens with zero attached hydrogens (tertiary/aromatic N) is 1. The normalized spacial score (nSPS) is 12.1. The molecule has 1 rings (SSSR count). The summed E-state index contributed by atoms with van der Waals surface area (Å²) in [6.45, 7) is 8.45. The van der Waals surface area contributed by atoms with Gasteiger partial charge in [0.05, 0.1) is 4.90 Å². The molecule has 1 aromatic carbocycles. The Morgan fingerprint density at radius 1 is 1.20 bits per heavy atom. The third kappa shape index (κ3) is 4.97. The lowest BCUT2D eigenvalue weighted by molar-refractivity contribution is 0.499. The molecule has 4 heteroatoms. The maximum atomic E-state index is 12.3. The van der Waals surface area contributed by atoms with Gasteiger partial charge in [0.15, 0.2) is 0 Å². The van der Waals surface area contributed by atoms with E-state index in [0.717, 1.165) is 5.56 Å². The molecular weight excluding hydrogens is 270 g/mol. The minimum absolute atomic E-state index is 0.0465. The lowest BCUT2D eigenvalue weighted by Gasteiger charge is -2.15. The van der Waals surface area contributed by atoms with Gasteiger partial charge in [-0.15, -0.1) is 5.73 Å². The van der Waals surface area contributed by atoms with E-state index in [-0.39, 0.29) is 5.41 Å². The highest BCUT2D eigenvalue weighted by atomic mass is 32.2. The van der Waals surface area contributed by atoms with Crippen LogP contribution in [0, 0.1) is 12.3 Å². The number of hydrogen-bond acceptors (Lipinski definition) is 2. The molecule has 0 bridgehead atoms. The van der Waals surface area contributed by atoms with E-state index in [9.17, 15) is 8.42 Å². The Hall–Kier alpha value is -1.35. The molecule has 0 heterocycles. The summed E-state index contributed by atoms with van der Waals surface area (Å²) in [6.07, 6.45) is 3.66. The van der Waals surface area contributed by atoms with Crippen molar-refractivity contribution in [1.82, 2.24) is 4.31 Å². The molecule has 0 saturated carbocycles. The van der Waals surface area contributed by atoms with E-state index in [0.29, 0.717) is 11.4 Å². The Kier molecular flexibility index (Phi) is 5.35. The molecule has 0 aliphatic carbocycles.